The highest BCUT2D eigenvalue weighted by Crippen LogP contribution is 2.28. The van der Waals surface area contributed by atoms with E-state index in [9.17, 15) is 4.79 Å². The van der Waals surface area contributed by atoms with E-state index < -0.39 is 0 Å². The van der Waals surface area contributed by atoms with Gasteiger partial charge in [0, 0.05) is 18.3 Å². The quantitative estimate of drug-likeness (QED) is 0.748. The van der Waals surface area contributed by atoms with Crippen molar-refractivity contribution >= 4 is 17.1 Å². The fourth-order valence-corrected chi connectivity index (χ4v) is 3.74. The van der Waals surface area contributed by atoms with Gasteiger partial charge in [0.05, 0.1) is 18.4 Å². The van der Waals surface area contributed by atoms with Crippen molar-refractivity contribution in [1.29, 1.82) is 0 Å². The molecule has 8 nitrogen and oxygen atoms in total. The molecule has 0 spiro atoms. The van der Waals surface area contributed by atoms with E-state index in [2.05, 4.69) is 43.9 Å². The summed E-state index contributed by atoms with van der Waals surface area (Å²) in [5, 5.41) is 11.2. The number of imidazole rings is 1. The Labute approximate surface area is 158 Å². The Balaban J connectivity index is 1.45. The molecule has 142 valence electrons. The molecule has 4 rings (SSSR count). The van der Waals surface area contributed by atoms with Gasteiger partial charge in [-0.15, -0.1) is 10.2 Å². The second-order valence-electron chi connectivity index (χ2n) is 7.44. The first kappa shape index (κ1) is 17.6. The van der Waals surface area contributed by atoms with E-state index >= 15 is 0 Å². The van der Waals surface area contributed by atoms with Gasteiger partial charge < -0.3 is 14.5 Å². The minimum absolute atomic E-state index is 0.179. The molecule has 3 heterocycles. The molecule has 0 saturated heterocycles. The van der Waals surface area contributed by atoms with Gasteiger partial charge in [0.25, 0.3) is 5.91 Å². The van der Waals surface area contributed by atoms with Crippen molar-refractivity contribution in [3.05, 3.63) is 36.3 Å². The molecule has 1 amide bonds. The molecule has 3 aromatic heterocycles. The van der Waals surface area contributed by atoms with Crippen LogP contribution >= 0.6 is 0 Å². The van der Waals surface area contributed by atoms with E-state index in [-0.39, 0.29) is 11.9 Å². The van der Waals surface area contributed by atoms with E-state index in [0.29, 0.717) is 18.2 Å². The van der Waals surface area contributed by atoms with Crippen LogP contribution < -0.4 is 5.32 Å². The number of aromatic nitrogens is 6. The summed E-state index contributed by atoms with van der Waals surface area (Å²) in [5.41, 5.74) is 2.01. The van der Waals surface area contributed by atoms with Crippen LogP contribution in [0, 0.1) is 0 Å². The Hall–Kier alpha value is -2.77. The van der Waals surface area contributed by atoms with E-state index in [1.54, 1.807) is 24.9 Å². The van der Waals surface area contributed by atoms with Crippen LogP contribution in [0.25, 0.3) is 11.2 Å². The summed E-state index contributed by atoms with van der Waals surface area (Å²) in [7, 11) is 0. The van der Waals surface area contributed by atoms with Gasteiger partial charge in [0.15, 0.2) is 11.5 Å². The summed E-state index contributed by atoms with van der Waals surface area (Å²) in [5.74, 6) is 0.620. The molecule has 1 fully saturated rings. The van der Waals surface area contributed by atoms with Gasteiger partial charge in [-0.3, -0.25) is 4.79 Å². The van der Waals surface area contributed by atoms with Crippen LogP contribution in [0.2, 0.25) is 0 Å². The average molecular weight is 367 g/mol. The predicted molar refractivity (Wildman–Crippen MR) is 101 cm³/mol. The highest BCUT2D eigenvalue weighted by Gasteiger charge is 2.19. The molecule has 1 saturated carbocycles. The van der Waals surface area contributed by atoms with Gasteiger partial charge in [0.2, 0.25) is 0 Å². The van der Waals surface area contributed by atoms with Crippen molar-refractivity contribution in [2.75, 3.05) is 0 Å². The maximum atomic E-state index is 12.6. The average Bonchev–Trinajstić information content (AvgIpc) is 3.33. The number of pyridine rings is 1. The molecule has 1 aliphatic carbocycles. The molecule has 0 aliphatic heterocycles. The van der Waals surface area contributed by atoms with Crippen molar-refractivity contribution in [1.82, 2.24) is 34.6 Å². The van der Waals surface area contributed by atoms with Crippen LogP contribution in [-0.2, 0) is 6.54 Å². The maximum Gasteiger partial charge on any atom is 0.253 e. The number of nitrogens with one attached hydrogen (secondary N) is 1. The highest BCUT2D eigenvalue weighted by atomic mass is 16.1. The zero-order valence-corrected chi connectivity index (χ0v) is 15.8. The Morgan fingerprint density at radius 2 is 2.04 bits per heavy atom. The number of fused-ring (bicyclic) bond motifs is 1. The molecule has 0 bridgehead atoms. The molecule has 1 aliphatic rings. The lowest BCUT2D eigenvalue weighted by Gasteiger charge is -2.24. The zero-order chi connectivity index (χ0) is 18.8. The van der Waals surface area contributed by atoms with Gasteiger partial charge in [-0.1, -0.05) is 19.3 Å². The van der Waals surface area contributed by atoms with E-state index in [1.165, 1.54) is 19.3 Å². The number of carbonyl (C=O) groups is 1. The Kier molecular flexibility index (Phi) is 4.87. The van der Waals surface area contributed by atoms with Crippen molar-refractivity contribution in [2.24, 2.45) is 0 Å². The monoisotopic (exact) mass is 367 g/mol. The molecule has 8 heteroatoms. The Bertz CT molecular complexity index is 937. The fraction of sp³-hybridized carbons (Fsp3) is 0.526. The molecule has 0 radical (unpaired) electrons. The van der Waals surface area contributed by atoms with Gasteiger partial charge in [0.1, 0.15) is 11.8 Å². The number of carbonyl (C=O) groups excluding carboxylic acids is 1. The largest absolute Gasteiger partial charge is 0.345 e. The highest BCUT2D eigenvalue weighted by molar-refractivity contribution is 5.96. The van der Waals surface area contributed by atoms with Gasteiger partial charge in [-0.2, -0.15) is 0 Å². The number of amides is 1. The lowest BCUT2D eigenvalue weighted by molar-refractivity contribution is 0.0949. The van der Waals surface area contributed by atoms with Crippen LogP contribution in [0.4, 0.5) is 0 Å². The SMILES string of the molecule is CC(C)n1cnc2cc(C(=O)NCc3nncn3C3CCCCC3)cnc21. The smallest absolute Gasteiger partial charge is 0.253 e. The topological polar surface area (TPSA) is 90.5 Å². The normalized spacial score (nSPS) is 15.5. The molecule has 0 unspecified atom stereocenters. The van der Waals surface area contributed by atoms with Crippen molar-refractivity contribution in [3.63, 3.8) is 0 Å². The molecule has 0 atom stereocenters. The summed E-state index contributed by atoms with van der Waals surface area (Å²) >= 11 is 0. The summed E-state index contributed by atoms with van der Waals surface area (Å²) in [4.78, 5) is 21.4. The van der Waals surface area contributed by atoms with Crippen LogP contribution in [0.3, 0.4) is 0 Å². The number of hydrogen-bond donors (Lipinski definition) is 1. The van der Waals surface area contributed by atoms with E-state index in [1.807, 2.05) is 4.57 Å². The summed E-state index contributed by atoms with van der Waals surface area (Å²) < 4.78 is 4.11. The lowest BCUT2D eigenvalue weighted by atomic mass is 9.95. The lowest BCUT2D eigenvalue weighted by Crippen LogP contribution is -2.26. The van der Waals surface area contributed by atoms with Crippen LogP contribution in [-0.4, -0.2) is 35.2 Å². The van der Waals surface area contributed by atoms with Gasteiger partial charge >= 0.3 is 0 Å². The van der Waals surface area contributed by atoms with Crippen LogP contribution in [0.15, 0.2) is 24.9 Å². The third kappa shape index (κ3) is 3.56. The van der Waals surface area contributed by atoms with Crippen LogP contribution in [0.5, 0.6) is 0 Å². The second kappa shape index (κ2) is 7.46. The third-order valence-electron chi connectivity index (χ3n) is 5.25. The third-order valence-corrected chi connectivity index (χ3v) is 5.25. The molecule has 1 N–H and O–H groups in total. The first-order valence-corrected chi connectivity index (χ1v) is 9.62. The molecular formula is C19H25N7O. The summed E-state index contributed by atoms with van der Waals surface area (Å²) in [6.07, 6.45) is 11.2. The standard InChI is InChI=1S/C19H25N7O/c1-13(2)25-11-22-16-8-14(9-20-18(16)25)19(27)21-10-17-24-23-12-26(17)15-6-4-3-5-7-15/h8-9,11-13,15H,3-7,10H2,1-2H3,(H,21,27). The fourth-order valence-electron chi connectivity index (χ4n) is 3.74. The number of rotatable bonds is 5. The molecular weight excluding hydrogens is 342 g/mol. The zero-order valence-electron chi connectivity index (χ0n) is 15.8. The van der Waals surface area contributed by atoms with Gasteiger partial charge in [-0.25, -0.2) is 9.97 Å². The Morgan fingerprint density at radius 3 is 2.81 bits per heavy atom. The van der Waals surface area contributed by atoms with Crippen LogP contribution in [0.1, 0.15) is 74.2 Å². The summed E-state index contributed by atoms with van der Waals surface area (Å²) in [6.45, 7) is 4.51. The van der Waals surface area contributed by atoms with Crippen molar-refractivity contribution in [3.8, 4) is 0 Å². The van der Waals surface area contributed by atoms with Crippen molar-refractivity contribution in [2.45, 2.75) is 64.6 Å². The first-order valence-electron chi connectivity index (χ1n) is 9.62. The predicted octanol–water partition coefficient (Wildman–Crippen LogP) is 3.04. The molecule has 3 aromatic rings. The van der Waals surface area contributed by atoms with Gasteiger partial charge in [-0.05, 0) is 32.8 Å². The second-order valence-corrected chi connectivity index (χ2v) is 7.44. The minimum atomic E-state index is -0.179. The van der Waals surface area contributed by atoms with E-state index in [4.69, 9.17) is 0 Å². The van der Waals surface area contributed by atoms with E-state index in [0.717, 1.165) is 29.8 Å². The first-order chi connectivity index (χ1) is 13.1. The maximum absolute atomic E-state index is 12.6. The number of hydrogen-bond acceptors (Lipinski definition) is 5. The Morgan fingerprint density at radius 1 is 1.22 bits per heavy atom. The molecule has 0 aromatic carbocycles. The minimum Gasteiger partial charge on any atom is -0.345 e. The van der Waals surface area contributed by atoms with Crippen molar-refractivity contribution < 1.29 is 4.79 Å². The molecule has 27 heavy (non-hydrogen) atoms. The summed E-state index contributed by atoms with van der Waals surface area (Å²) in [6, 6.07) is 2.49. The number of nitrogens with zero attached hydrogens (tertiary/aromatic N) is 6.